The second kappa shape index (κ2) is 8.68. The summed E-state index contributed by atoms with van der Waals surface area (Å²) in [7, 11) is 1.75. The smallest absolute Gasteiger partial charge is 0.0587 e. The Balaban J connectivity index is 2.13. The molecule has 104 valence electrons. The first-order valence-corrected chi connectivity index (χ1v) is 7.70. The number of methoxy groups -OCH3 is 1. The lowest BCUT2D eigenvalue weighted by molar-refractivity contribution is 0.199. The first kappa shape index (κ1) is 15.7. The van der Waals surface area contributed by atoms with Gasteiger partial charge in [-0.15, -0.1) is 11.3 Å². The van der Waals surface area contributed by atoms with E-state index in [-0.39, 0.29) is 0 Å². The molecule has 0 spiro atoms. The Morgan fingerprint density at radius 1 is 1.28 bits per heavy atom. The zero-order valence-electron chi connectivity index (χ0n) is 12.2. The van der Waals surface area contributed by atoms with Gasteiger partial charge in [-0.05, 0) is 57.2 Å². The van der Waals surface area contributed by atoms with E-state index in [9.17, 15) is 0 Å². The quantitative estimate of drug-likeness (QED) is 0.692. The van der Waals surface area contributed by atoms with Gasteiger partial charge in [-0.1, -0.05) is 6.92 Å². The number of rotatable bonds is 9. The second-order valence-electron chi connectivity index (χ2n) is 5.11. The van der Waals surface area contributed by atoms with E-state index in [4.69, 9.17) is 4.74 Å². The van der Waals surface area contributed by atoms with E-state index < -0.39 is 0 Å². The van der Waals surface area contributed by atoms with Crippen molar-refractivity contribution in [1.29, 1.82) is 0 Å². The van der Waals surface area contributed by atoms with Crippen LogP contribution in [0.5, 0.6) is 0 Å². The van der Waals surface area contributed by atoms with Gasteiger partial charge in [0.25, 0.3) is 0 Å². The van der Waals surface area contributed by atoms with Crippen LogP contribution in [0.25, 0.3) is 0 Å². The van der Waals surface area contributed by atoms with Gasteiger partial charge in [-0.3, -0.25) is 0 Å². The number of thiophene rings is 1. The average Bonchev–Trinajstić information content (AvgIpc) is 2.65. The molecule has 0 radical (unpaired) electrons. The highest BCUT2D eigenvalue weighted by Gasteiger charge is 2.06. The molecule has 1 unspecified atom stereocenters. The summed E-state index contributed by atoms with van der Waals surface area (Å²) in [6.07, 6.45) is 3.78. The van der Waals surface area contributed by atoms with Crippen molar-refractivity contribution in [3.63, 3.8) is 0 Å². The fourth-order valence-electron chi connectivity index (χ4n) is 2.13. The lowest BCUT2D eigenvalue weighted by atomic mass is 9.98. The van der Waals surface area contributed by atoms with Crippen LogP contribution in [0.2, 0.25) is 0 Å². The van der Waals surface area contributed by atoms with Crippen molar-refractivity contribution in [2.45, 2.75) is 40.0 Å². The van der Waals surface area contributed by atoms with Gasteiger partial charge >= 0.3 is 0 Å². The third kappa shape index (κ3) is 5.98. The Hall–Kier alpha value is -0.380. The minimum Gasteiger partial charge on any atom is -0.383 e. The van der Waals surface area contributed by atoms with Gasteiger partial charge in [0.1, 0.15) is 0 Å². The molecule has 18 heavy (non-hydrogen) atoms. The van der Waals surface area contributed by atoms with Gasteiger partial charge in [-0.2, -0.15) is 0 Å². The highest BCUT2D eigenvalue weighted by Crippen LogP contribution is 2.23. The summed E-state index contributed by atoms with van der Waals surface area (Å²) >= 11 is 1.92. The lowest BCUT2D eigenvalue weighted by Crippen LogP contribution is -2.21. The molecule has 1 aromatic heterocycles. The Morgan fingerprint density at radius 3 is 2.67 bits per heavy atom. The molecule has 0 aliphatic carbocycles. The third-order valence-electron chi connectivity index (χ3n) is 3.35. The van der Waals surface area contributed by atoms with Gasteiger partial charge in [0.05, 0.1) is 6.61 Å². The highest BCUT2D eigenvalue weighted by atomic mass is 32.1. The van der Waals surface area contributed by atoms with E-state index in [0.717, 1.165) is 25.6 Å². The van der Waals surface area contributed by atoms with Crippen LogP contribution in [0.3, 0.4) is 0 Å². The number of nitrogens with one attached hydrogen (secondary N) is 1. The summed E-state index contributed by atoms with van der Waals surface area (Å²) in [5.41, 5.74) is 1.55. The van der Waals surface area contributed by atoms with E-state index in [1.165, 1.54) is 29.0 Å². The predicted molar refractivity (Wildman–Crippen MR) is 80.6 cm³/mol. The molecular weight excluding hydrogens is 242 g/mol. The summed E-state index contributed by atoms with van der Waals surface area (Å²) in [6.45, 7) is 9.67. The SMILES string of the molecule is COCCNCCC(C)CCc1cc(C)sc1C. The molecular formula is C15H27NOS. The number of hydrogen-bond donors (Lipinski definition) is 1. The topological polar surface area (TPSA) is 21.3 Å². The van der Waals surface area contributed by atoms with Crippen LogP contribution in [0.1, 0.15) is 35.1 Å². The first-order valence-electron chi connectivity index (χ1n) is 6.89. The maximum Gasteiger partial charge on any atom is 0.0587 e. The van der Waals surface area contributed by atoms with Crippen molar-refractivity contribution in [3.05, 3.63) is 21.4 Å². The zero-order chi connectivity index (χ0) is 13.4. The van der Waals surface area contributed by atoms with Crippen LogP contribution >= 0.6 is 11.3 Å². The molecule has 0 bridgehead atoms. The van der Waals surface area contributed by atoms with Crippen molar-refractivity contribution in [2.24, 2.45) is 5.92 Å². The van der Waals surface area contributed by atoms with Crippen LogP contribution in [0.15, 0.2) is 6.07 Å². The summed E-state index contributed by atoms with van der Waals surface area (Å²) in [5.74, 6) is 0.791. The average molecular weight is 269 g/mol. The molecule has 1 aromatic rings. The molecule has 0 aliphatic heterocycles. The van der Waals surface area contributed by atoms with Crippen LogP contribution in [-0.4, -0.2) is 26.8 Å². The standard InChI is InChI=1S/C15H27NOS/c1-12(7-8-16-9-10-17-4)5-6-15-11-13(2)18-14(15)3/h11-12,16H,5-10H2,1-4H3. The second-order valence-corrected chi connectivity index (χ2v) is 6.57. The van der Waals surface area contributed by atoms with Crippen molar-refractivity contribution in [1.82, 2.24) is 5.32 Å². The van der Waals surface area contributed by atoms with Gasteiger partial charge in [-0.25, -0.2) is 0 Å². The van der Waals surface area contributed by atoms with Gasteiger partial charge in [0.2, 0.25) is 0 Å². The van der Waals surface area contributed by atoms with Gasteiger partial charge in [0, 0.05) is 23.4 Å². The molecule has 0 saturated heterocycles. The minimum atomic E-state index is 0.791. The molecule has 0 saturated carbocycles. The van der Waals surface area contributed by atoms with E-state index >= 15 is 0 Å². The van der Waals surface area contributed by atoms with Crippen molar-refractivity contribution in [3.8, 4) is 0 Å². The van der Waals surface area contributed by atoms with Gasteiger partial charge in [0.15, 0.2) is 0 Å². The van der Waals surface area contributed by atoms with Crippen LogP contribution < -0.4 is 5.32 Å². The molecule has 1 N–H and O–H groups in total. The number of ether oxygens (including phenoxy) is 1. The van der Waals surface area contributed by atoms with E-state index in [1.54, 1.807) is 12.7 Å². The fraction of sp³-hybridized carbons (Fsp3) is 0.733. The van der Waals surface area contributed by atoms with E-state index in [2.05, 4.69) is 32.2 Å². The fourth-order valence-corrected chi connectivity index (χ4v) is 3.10. The molecule has 0 aliphatic rings. The maximum atomic E-state index is 5.01. The third-order valence-corrected chi connectivity index (χ3v) is 4.36. The molecule has 1 heterocycles. The maximum absolute atomic E-state index is 5.01. The van der Waals surface area contributed by atoms with Crippen molar-refractivity contribution < 1.29 is 4.74 Å². The summed E-state index contributed by atoms with van der Waals surface area (Å²) in [6, 6.07) is 2.35. The molecule has 1 rings (SSSR count). The van der Waals surface area contributed by atoms with Crippen LogP contribution in [0, 0.1) is 19.8 Å². The predicted octanol–water partition coefficient (Wildman–Crippen LogP) is 3.56. The Morgan fingerprint density at radius 2 is 2.06 bits per heavy atom. The Bertz CT molecular complexity index is 335. The van der Waals surface area contributed by atoms with E-state index in [1.807, 2.05) is 11.3 Å². The van der Waals surface area contributed by atoms with Crippen molar-refractivity contribution in [2.75, 3.05) is 26.8 Å². The Kier molecular flexibility index (Phi) is 7.56. The van der Waals surface area contributed by atoms with E-state index in [0.29, 0.717) is 0 Å². The normalized spacial score (nSPS) is 12.9. The molecule has 2 nitrogen and oxygen atoms in total. The number of aryl methyl sites for hydroxylation is 3. The number of hydrogen-bond acceptors (Lipinski definition) is 3. The molecule has 0 fully saturated rings. The van der Waals surface area contributed by atoms with Gasteiger partial charge < -0.3 is 10.1 Å². The first-order chi connectivity index (χ1) is 8.63. The largest absolute Gasteiger partial charge is 0.383 e. The summed E-state index contributed by atoms with van der Waals surface area (Å²) in [5, 5.41) is 3.41. The molecule has 3 heteroatoms. The summed E-state index contributed by atoms with van der Waals surface area (Å²) in [4.78, 5) is 2.94. The van der Waals surface area contributed by atoms with Crippen LogP contribution in [0.4, 0.5) is 0 Å². The lowest BCUT2D eigenvalue weighted by Gasteiger charge is -2.11. The van der Waals surface area contributed by atoms with Crippen LogP contribution in [-0.2, 0) is 11.2 Å². The Labute approximate surface area is 116 Å². The highest BCUT2D eigenvalue weighted by molar-refractivity contribution is 7.12. The van der Waals surface area contributed by atoms with Crippen molar-refractivity contribution >= 4 is 11.3 Å². The minimum absolute atomic E-state index is 0.791. The monoisotopic (exact) mass is 269 g/mol. The molecule has 0 amide bonds. The molecule has 1 atom stereocenters. The molecule has 0 aromatic carbocycles. The summed E-state index contributed by atoms with van der Waals surface area (Å²) < 4.78 is 5.01. The zero-order valence-corrected chi connectivity index (χ0v) is 13.0.